The van der Waals surface area contributed by atoms with Gasteiger partial charge in [-0.3, -0.25) is 15.2 Å². The van der Waals surface area contributed by atoms with Crippen LogP contribution in [0, 0.1) is 11.6 Å². The number of hydrazine groups is 1. The first-order valence-electron chi connectivity index (χ1n) is 9.49. The molecule has 0 spiro atoms. The molecule has 1 amide bonds. The molecular weight excluding hydrogens is 456 g/mol. The second-order valence-corrected chi connectivity index (χ2v) is 7.05. The Bertz CT molecular complexity index is 1190. The Morgan fingerprint density at radius 3 is 2.55 bits per heavy atom. The Morgan fingerprint density at radius 2 is 1.88 bits per heavy atom. The van der Waals surface area contributed by atoms with Crippen molar-refractivity contribution < 1.29 is 27.8 Å². The summed E-state index contributed by atoms with van der Waals surface area (Å²) in [4.78, 5) is 28.7. The molecule has 0 atom stereocenters. The zero-order chi connectivity index (χ0) is 24.0. The van der Waals surface area contributed by atoms with Gasteiger partial charge in [0.2, 0.25) is 5.88 Å². The molecule has 1 heterocycles. The summed E-state index contributed by atoms with van der Waals surface area (Å²) < 4.78 is 37.1. The molecule has 7 nitrogen and oxygen atoms in total. The molecule has 2 aromatic carbocycles. The number of pyridine rings is 1. The van der Waals surface area contributed by atoms with Gasteiger partial charge in [-0.1, -0.05) is 24.3 Å². The van der Waals surface area contributed by atoms with Crippen molar-refractivity contribution in [1.82, 2.24) is 10.4 Å². The van der Waals surface area contributed by atoms with Crippen molar-refractivity contribution in [3.05, 3.63) is 95.2 Å². The van der Waals surface area contributed by atoms with Crippen LogP contribution in [0.1, 0.15) is 20.7 Å². The summed E-state index contributed by atoms with van der Waals surface area (Å²) >= 11 is 5.98. The molecule has 10 heteroatoms. The second kappa shape index (κ2) is 10.6. The third-order valence-corrected chi connectivity index (χ3v) is 4.47. The summed E-state index contributed by atoms with van der Waals surface area (Å²) in [5.74, 6) is -3.48. The maximum atomic E-state index is 13.5. The average molecular weight is 474 g/mol. The number of carbonyl (C=O) groups excluding carboxylic acids is 2. The van der Waals surface area contributed by atoms with Gasteiger partial charge in [0.1, 0.15) is 17.9 Å². The van der Waals surface area contributed by atoms with E-state index in [2.05, 4.69) is 17.0 Å². The first kappa shape index (κ1) is 23.7. The number of esters is 1. The SMILES string of the molecule is C=CCOC(=O)c1ccc(N(C)NC(=O)c2cc(Cl)cnc2Oc2ccc(F)c(F)c2)cc1. The number of halogens is 3. The molecule has 33 heavy (non-hydrogen) atoms. The van der Waals surface area contributed by atoms with Crippen LogP contribution in [0.4, 0.5) is 14.5 Å². The lowest BCUT2D eigenvalue weighted by atomic mass is 10.2. The Kier molecular flexibility index (Phi) is 7.57. The molecule has 1 N–H and O–H groups in total. The highest BCUT2D eigenvalue weighted by molar-refractivity contribution is 6.30. The third kappa shape index (κ3) is 6.05. The molecule has 3 aromatic rings. The summed E-state index contributed by atoms with van der Waals surface area (Å²) in [6.07, 6.45) is 2.71. The predicted octanol–water partition coefficient (Wildman–Crippen LogP) is 4.93. The van der Waals surface area contributed by atoms with E-state index < -0.39 is 23.5 Å². The van der Waals surface area contributed by atoms with Crippen LogP contribution in [0.3, 0.4) is 0 Å². The van der Waals surface area contributed by atoms with Gasteiger partial charge in [0.25, 0.3) is 5.91 Å². The minimum atomic E-state index is -1.11. The quantitative estimate of drug-likeness (QED) is 0.284. The van der Waals surface area contributed by atoms with Crippen LogP contribution in [-0.2, 0) is 4.74 Å². The van der Waals surface area contributed by atoms with Gasteiger partial charge in [0.05, 0.1) is 16.3 Å². The summed E-state index contributed by atoms with van der Waals surface area (Å²) in [5, 5.41) is 1.58. The van der Waals surface area contributed by atoms with E-state index in [1.807, 2.05) is 0 Å². The molecule has 0 radical (unpaired) electrons. The summed E-state index contributed by atoms with van der Waals surface area (Å²) in [6, 6.07) is 10.6. The molecule has 0 fully saturated rings. The van der Waals surface area contributed by atoms with E-state index in [4.69, 9.17) is 21.1 Å². The Morgan fingerprint density at radius 1 is 1.15 bits per heavy atom. The fraction of sp³-hybridized carbons (Fsp3) is 0.0870. The zero-order valence-electron chi connectivity index (χ0n) is 17.3. The van der Waals surface area contributed by atoms with Crippen LogP contribution in [-0.4, -0.2) is 30.5 Å². The van der Waals surface area contributed by atoms with Crippen LogP contribution in [0.5, 0.6) is 11.6 Å². The van der Waals surface area contributed by atoms with Crippen LogP contribution >= 0.6 is 11.6 Å². The summed E-state index contributed by atoms with van der Waals surface area (Å²) in [5.41, 5.74) is 3.48. The van der Waals surface area contributed by atoms with E-state index in [1.54, 1.807) is 31.3 Å². The number of anilines is 1. The van der Waals surface area contributed by atoms with E-state index in [-0.39, 0.29) is 28.8 Å². The van der Waals surface area contributed by atoms with E-state index in [9.17, 15) is 18.4 Å². The van der Waals surface area contributed by atoms with Gasteiger partial charge in [0, 0.05) is 19.3 Å². The Balaban J connectivity index is 1.75. The number of aromatic nitrogens is 1. The number of hydrogen-bond donors (Lipinski definition) is 1. The number of rotatable bonds is 8. The van der Waals surface area contributed by atoms with Crippen molar-refractivity contribution in [2.75, 3.05) is 18.7 Å². The smallest absolute Gasteiger partial charge is 0.338 e. The fourth-order valence-corrected chi connectivity index (χ4v) is 2.80. The highest BCUT2D eigenvalue weighted by Gasteiger charge is 2.18. The molecular formula is C23H18ClF2N3O4. The van der Waals surface area contributed by atoms with Gasteiger partial charge >= 0.3 is 5.97 Å². The van der Waals surface area contributed by atoms with Gasteiger partial charge in [-0.15, -0.1) is 0 Å². The molecule has 0 bridgehead atoms. The number of hydrogen-bond acceptors (Lipinski definition) is 6. The minimum Gasteiger partial charge on any atom is -0.458 e. The lowest BCUT2D eigenvalue weighted by Gasteiger charge is -2.21. The van der Waals surface area contributed by atoms with Crippen LogP contribution in [0.25, 0.3) is 0 Å². The molecule has 0 unspecified atom stereocenters. The monoisotopic (exact) mass is 473 g/mol. The average Bonchev–Trinajstić information content (AvgIpc) is 2.81. The van der Waals surface area contributed by atoms with Gasteiger partial charge < -0.3 is 9.47 Å². The number of nitrogens with one attached hydrogen (secondary N) is 1. The topological polar surface area (TPSA) is 80.8 Å². The van der Waals surface area contributed by atoms with Gasteiger partial charge in [0.15, 0.2) is 11.6 Å². The molecule has 170 valence electrons. The molecule has 0 saturated heterocycles. The van der Waals surface area contributed by atoms with Gasteiger partial charge in [-0.25, -0.2) is 18.6 Å². The maximum Gasteiger partial charge on any atom is 0.338 e. The van der Waals surface area contributed by atoms with E-state index in [1.165, 1.54) is 29.4 Å². The Hall–Kier alpha value is -3.98. The molecule has 3 rings (SSSR count). The second-order valence-electron chi connectivity index (χ2n) is 6.62. The molecule has 0 aliphatic carbocycles. The molecule has 0 saturated carbocycles. The van der Waals surface area contributed by atoms with Gasteiger partial charge in [-0.05, 0) is 42.5 Å². The number of benzene rings is 2. The van der Waals surface area contributed by atoms with Crippen molar-refractivity contribution in [2.24, 2.45) is 0 Å². The number of carbonyl (C=O) groups is 2. The lowest BCUT2D eigenvalue weighted by Crippen LogP contribution is -2.39. The van der Waals surface area contributed by atoms with E-state index in [0.29, 0.717) is 11.3 Å². The van der Waals surface area contributed by atoms with E-state index >= 15 is 0 Å². The number of nitrogens with zero attached hydrogens (tertiary/aromatic N) is 2. The predicted molar refractivity (Wildman–Crippen MR) is 118 cm³/mol. The standard InChI is InChI=1S/C23H18ClF2N3O4/c1-3-10-32-23(31)14-4-6-16(7-5-14)29(2)28-21(30)18-11-15(24)13-27-22(18)33-17-8-9-19(25)20(26)12-17/h3-9,11-13H,1,10H2,2H3,(H,28,30). The van der Waals surface area contributed by atoms with Crippen molar-refractivity contribution in [1.29, 1.82) is 0 Å². The van der Waals surface area contributed by atoms with Gasteiger partial charge in [-0.2, -0.15) is 0 Å². The van der Waals surface area contributed by atoms with Crippen LogP contribution < -0.4 is 15.2 Å². The highest BCUT2D eigenvalue weighted by Crippen LogP contribution is 2.27. The Labute approximate surface area is 193 Å². The van der Waals surface area contributed by atoms with Crippen LogP contribution in [0.15, 0.2) is 67.4 Å². The van der Waals surface area contributed by atoms with E-state index in [0.717, 1.165) is 12.1 Å². The fourth-order valence-electron chi connectivity index (χ4n) is 2.64. The first-order chi connectivity index (χ1) is 15.8. The molecule has 1 aromatic heterocycles. The third-order valence-electron chi connectivity index (χ3n) is 4.26. The van der Waals surface area contributed by atoms with Crippen molar-refractivity contribution in [3.63, 3.8) is 0 Å². The minimum absolute atomic E-state index is 0.0382. The molecule has 0 aliphatic heterocycles. The lowest BCUT2D eigenvalue weighted by molar-refractivity contribution is 0.0549. The molecule has 0 aliphatic rings. The summed E-state index contributed by atoms with van der Waals surface area (Å²) in [7, 11) is 1.58. The van der Waals surface area contributed by atoms with Crippen molar-refractivity contribution in [2.45, 2.75) is 0 Å². The van der Waals surface area contributed by atoms with Crippen molar-refractivity contribution >= 4 is 29.2 Å². The summed E-state index contributed by atoms with van der Waals surface area (Å²) in [6.45, 7) is 3.58. The van der Waals surface area contributed by atoms with Crippen LogP contribution in [0.2, 0.25) is 5.02 Å². The largest absolute Gasteiger partial charge is 0.458 e. The zero-order valence-corrected chi connectivity index (χ0v) is 18.1. The van der Waals surface area contributed by atoms with Crippen molar-refractivity contribution in [3.8, 4) is 11.6 Å². The normalized spacial score (nSPS) is 10.3. The number of ether oxygens (including phenoxy) is 2. The maximum absolute atomic E-state index is 13.5. The highest BCUT2D eigenvalue weighted by atomic mass is 35.5. The number of amides is 1. The first-order valence-corrected chi connectivity index (χ1v) is 9.87.